The van der Waals surface area contributed by atoms with Crippen LogP contribution in [0.25, 0.3) is 0 Å². The quantitative estimate of drug-likeness (QED) is 0.660. The fraction of sp³-hybridized carbons (Fsp3) is 0.833. The van der Waals surface area contributed by atoms with Crippen molar-refractivity contribution in [1.29, 1.82) is 0 Å². The highest BCUT2D eigenvalue weighted by molar-refractivity contribution is 5.80. The molecule has 0 aromatic heterocycles. The number of carboxylic acid groups (broad SMARTS) is 1. The molecule has 3 N–H and O–H groups in total. The van der Waals surface area contributed by atoms with Crippen molar-refractivity contribution in [3.63, 3.8) is 0 Å². The second kappa shape index (κ2) is 5.49. The molecular weight excluding hydrogens is 222 g/mol. The topological polar surface area (TPSA) is 86.6 Å². The van der Waals surface area contributed by atoms with Crippen LogP contribution >= 0.6 is 0 Å². The van der Waals surface area contributed by atoms with Crippen molar-refractivity contribution in [3.8, 4) is 0 Å². The highest BCUT2D eigenvalue weighted by Crippen LogP contribution is 2.31. The van der Waals surface area contributed by atoms with Gasteiger partial charge in [-0.1, -0.05) is 13.8 Å². The molecule has 98 valence electrons. The summed E-state index contributed by atoms with van der Waals surface area (Å²) in [4.78, 5) is 22.6. The Balaban J connectivity index is 2.37. The molecule has 0 aliphatic heterocycles. The third-order valence-corrected chi connectivity index (χ3v) is 3.32. The van der Waals surface area contributed by atoms with Gasteiger partial charge in [0.2, 0.25) is 5.91 Å². The summed E-state index contributed by atoms with van der Waals surface area (Å²) in [5, 5.41) is 20.7. The summed E-state index contributed by atoms with van der Waals surface area (Å²) in [6, 6.07) is 0. The van der Waals surface area contributed by atoms with Crippen LogP contribution in [-0.4, -0.2) is 35.2 Å². The van der Waals surface area contributed by atoms with Gasteiger partial charge in [-0.2, -0.15) is 0 Å². The molecule has 0 aromatic rings. The Morgan fingerprint density at radius 1 is 1.29 bits per heavy atom. The first-order chi connectivity index (χ1) is 7.85. The number of aliphatic carboxylic acids is 1. The van der Waals surface area contributed by atoms with Crippen LogP contribution in [0, 0.1) is 17.3 Å². The van der Waals surface area contributed by atoms with Crippen molar-refractivity contribution in [2.24, 2.45) is 17.3 Å². The first-order valence-corrected chi connectivity index (χ1v) is 5.97. The van der Waals surface area contributed by atoms with E-state index in [4.69, 9.17) is 10.2 Å². The molecule has 0 heterocycles. The van der Waals surface area contributed by atoms with E-state index in [1.807, 2.05) is 13.8 Å². The van der Waals surface area contributed by atoms with E-state index in [1.54, 1.807) is 0 Å². The second-order valence-corrected chi connectivity index (χ2v) is 5.59. The summed E-state index contributed by atoms with van der Waals surface area (Å²) < 4.78 is 0. The van der Waals surface area contributed by atoms with E-state index in [1.165, 1.54) is 0 Å². The van der Waals surface area contributed by atoms with Crippen LogP contribution in [0.4, 0.5) is 0 Å². The van der Waals surface area contributed by atoms with Gasteiger partial charge in [-0.15, -0.1) is 0 Å². The molecule has 0 spiro atoms. The van der Waals surface area contributed by atoms with Gasteiger partial charge in [-0.25, -0.2) is 0 Å². The van der Waals surface area contributed by atoms with Crippen LogP contribution in [0.15, 0.2) is 0 Å². The zero-order chi connectivity index (χ0) is 13.1. The SMILES string of the molecule is CC(C)(CO)CNC(=O)C1CCC(C(=O)O)C1. The smallest absolute Gasteiger partial charge is 0.306 e. The molecule has 1 fully saturated rings. The Kier molecular flexibility index (Phi) is 4.51. The van der Waals surface area contributed by atoms with E-state index in [0.717, 1.165) is 0 Å². The summed E-state index contributed by atoms with van der Waals surface area (Å²) >= 11 is 0. The zero-order valence-corrected chi connectivity index (χ0v) is 10.4. The average Bonchev–Trinajstić information content (AvgIpc) is 2.75. The summed E-state index contributed by atoms with van der Waals surface area (Å²) in [7, 11) is 0. The third kappa shape index (κ3) is 4.00. The maximum atomic E-state index is 11.8. The Bertz CT molecular complexity index is 301. The Morgan fingerprint density at radius 2 is 1.88 bits per heavy atom. The van der Waals surface area contributed by atoms with E-state index in [2.05, 4.69) is 5.32 Å². The molecule has 1 aliphatic carbocycles. The van der Waals surface area contributed by atoms with E-state index >= 15 is 0 Å². The number of carboxylic acids is 1. The number of carbonyl (C=O) groups excluding carboxylic acids is 1. The van der Waals surface area contributed by atoms with Crippen molar-refractivity contribution >= 4 is 11.9 Å². The van der Waals surface area contributed by atoms with Gasteiger partial charge in [0, 0.05) is 24.5 Å². The summed E-state index contributed by atoms with van der Waals surface area (Å²) in [5.74, 6) is -1.46. The summed E-state index contributed by atoms with van der Waals surface area (Å²) in [5.41, 5.74) is -0.333. The molecule has 0 radical (unpaired) electrons. The molecule has 1 amide bonds. The molecule has 2 unspecified atom stereocenters. The maximum Gasteiger partial charge on any atom is 0.306 e. The first kappa shape index (κ1) is 14.0. The predicted octanol–water partition coefficient (Wildman–Crippen LogP) is 0.622. The Labute approximate surface area is 101 Å². The van der Waals surface area contributed by atoms with Crippen molar-refractivity contribution in [2.75, 3.05) is 13.2 Å². The van der Waals surface area contributed by atoms with Crippen LogP contribution in [0.2, 0.25) is 0 Å². The lowest BCUT2D eigenvalue weighted by Crippen LogP contribution is -2.38. The van der Waals surface area contributed by atoms with Crippen LogP contribution < -0.4 is 5.32 Å². The Hall–Kier alpha value is -1.10. The normalized spacial score (nSPS) is 24.6. The number of hydrogen-bond acceptors (Lipinski definition) is 3. The van der Waals surface area contributed by atoms with Crippen molar-refractivity contribution < 1.29 is 19.8 Å². The highest BCUT2D eigenvalue weighted by Gasteiger charge is 2.34. The van der Waals surface area contributed by atoms with E-state index in [-0.39, 0.29) is 29.8 Å². The van der Waals surface area contributed by atoms with Crippen LogP contribution in [0.1, 0.15) is 33.1 Å². The van der Waals surface area contributed by atoms with Crippen LogP contribution in [-0.2, 0) is 9.59 Å². The molecule has 5 nitrogen and oxygen atoms in total. The Morgan fingerprint density at radius 3 is 2.35 bits per heavy atom. The third-order valence-electron chi connectivity index (χ3n) is 3.32. The van der Waals surface area contributed by atoms with Gasteiger partial charge in [0.25, 0.3) is 0 Å². The van der Waals surface area contributed by atoms with E-state index in [0.29, 0.717) is 25.8 Å². The molecule has 0 aromatic carbocycles. The van der Waals surface area contributed by atoms with Crippen molar-refractivity contribution in [1.82, 2.24) is 5.32 Å². The minimum Gasteiger partial charge on any atom is -0.481 e. The lowest BCUT2D eigenvalue weighted by molar-refractivity contribution is -0.141. The van der Waals surface area contributed by atoms with E-state index in [9.17, 15) is 9.59 Å². The van der Waals surface area contributed by atoms with Crippen LogP contribution in [0.3, 0.4) is 0 Å². The van der Waals surface area contributed by atoms with Gasteiger partial charge in [0.05, 0.1) is 5.92 Å². The molecule has 0 bridgehead atoms. The fourth-order valence-corrected chi connectivity index (χ4v) is 1.97. The number of carbonyl (C=O) groups is 2. The largest absolute Gasteiger partial charge is 0.481 e. The summed E-state index contributed by atoms with van der Waals surface area (Å²) in [6.07, 6.45) is 1.65. The first-order valence-electron chi connectivity index (χ1n) is 5.97. The number of rotatable bonds is 5. The van der Waals surface area contributed by atoms with Gasteiger partial charge in [-0.05, 0) is 19.3 Å². The van der Waals surface area contributed by atoms with Crippen molar-refractivity contribution in [2.45, 2.75) is 33.1 Å². The molecule has 17 heavy (non-hydrogen) atoms. The minimum absolute atomic E-state index is 0.00962. The number of amides is 1. The number of aliphatic hydroxyl groups excluding tert-OH is 1. The molecule has 5 heteroatoms. The molecule has 1 saturated carbocycles. The predicted molar refractivity (Wildman–Crippen MR) is 62.3 cm³/mol. The standard InChI is InChI=1S/C12H21NO4/c1-12(2,7-14)6-13-10(15)8-3-4-9(5-8)11(16)17/h8-9,14H,3-7H2,1-2H3,(H,13,15)(H,16,17). The van der Waals surface area contributed by atoms with Crippen molar-refractivity contribution in [3.05, 3.63) is 0 Å². The lowest BCUT2D eigenvalue weighted by Gasteiger charge is -2.23. The zero-order valence-electron chi connectivity index (χ0n) is 10.4. The summed E-state index contributed by atoms with van der Waals surface area (Å²) in [6.45, 7) is 4.15. The molecule has 1 aliphatic rings. The fourth-order valence-electron chi connectivity index (χ4n) is 1.97. The molecule has 0 saturated heterocycles. The van der Waals surface area contributed by atoms with Crippen LogP contribution in [0.5, 0.6) is 0 Å². The molecule has 1 rings (SSSR count). The molecule has 2 atom stereocenters. The van der Waals surface area contributed by atoms with Gasteiger partial charge >= 0.3 is 5.97 Å². The van der Waals surface area contributed by atoms with Gasteiger partial charge in [0.15, 0.2) is 0 Å². The van der Waals surface area contributed by atoms with Gasteiger partial charge in [-0.3, -0.25) is 9.59 Å². The maximum absolute atomic E-state index is 11.8. The minimum atomic E-state index is -0.809. The number of hydrogen-bond donors (Lipinski definition) is 3. The van der Waals surface area contributed by atoms with Gasteiger partial charge < -0.3 is 15.5 Å². The highest BCUT2D eigenvalue weighted by atomic mass is 16.4. The number of aliphatic hydroxyl groups is 1. The number of nitrogens with one attached hydrogen (secondary N) is 1. The lowest BCUT2D eigenvalue weighted by atomic mass is 9.94. The average molecular weight is 243 g/mol. The van der Waals surface area contributed by atoms with Gasteiger partial charge in [0.1, 0.15) is 0 Å². The molecular formula is C12H21NO4. The monoisotopic (exact) mass is 243 g/mol. The van der Waals surface area contributed by atoms with E-state index < -0.39 is 5.97 Å². The second-order valence-electron chi connectivity index (χ2n) is 5.59.